The van der Waals surface area contributed by atoms with E-state index >= 15 is 0 Å². The van der Waals surface area contributed by atoms with Gasteiger partial charge in [-0.15, -0.1) is 0 Å². The number of H-pyrrole nitrogens is 1. The molecule has 72 valence electrons. The van der Waals surface area contributed by atoms with Gasteiger partial charge in [0.15, 0.2) is 0 Å². The Kier molecular flexibility index (Phi) is 1.89. The maximum atomic E-state index is 11.1. The third-order valence-corrected chi connectivity index (χ3v) is 2.18. The van der Waals surface area contributed by atoms with Gasteiger partial charge >= 0.3 is 5.69 Å². The number of aromatic nitrogens is 2. The smallest absolute Gasteiger partial charge is 0.335 e. The van der Waals surface area contributed by atoms with E-state index in [0.717, 1.165) is 21.5 Å². The van der Waals surface area contributed by atoms with Crippen LogP contribution in [0.15, 0.2) is 35.3 Å². The van der Waals surface area contributed by atoms with Crippen LogP contribution >= 0.6 is 0 Å². The molecule has 0 saturated heterocycles. The van der Waals surface area contributed by atoms with Gasteiger partial charge in [0.2, 0.25) is 0 Å². The molecule has 0 amide bonds. The van der Waals surface area contributed by atoms with Gasteiger partial charge in [0.1, 0.15) is 0 Å². The Morgan fingerprint density at radius 2 is 2.07 bits per heavy atom. The molecule has 0 fully saturated rings. The van der Waals surface area contributed by atoms with Crippen molar-refractivity contribution in [3.63, 3.8) is 0 Å². The van der Waals surface area contributed by atoms with Crippen molar-refractivity contribution in [3.8, 4) is 11.3 Å². The normalized spacial score (nSPS) is 10.4. The van der Waals surface area contributed by atoms with Gasteiger partial charge in [0.25, 0.3) is 0 Å². The van der Waals surface area contributed by atoms with Gasteiger partial charge in [-0.3, -0.25) is 0 Å². The largest absolute Gasteiger partial charge is 0.344 e. The lowest BCUT2D eigenvalue weighted by Gasteiger charge is -2.00. The first-order valence-electron chi connectivity index (χ1n) is 4.31. The summed E-state index contributed by atoms with van der Waals surface area (Å²) >= 11 is 0. The van der Waals surface area contributed by atoms with Crippen LogP contribution in [0, 0.1) is 6.92 Å². The standard InChI is InChI=1S/C10H11N3O/c1-7-4-2-3-5-8(7)9-6-13(11)10(14)12-9/h2-6H,11H2,1H3,(H,12,14). The van der Waals surface area contributed by atoms with Crippen LogP contribution in [-0.4, -0.2) is 9.66 Å². The number of rotatable bonds is 1. The number of nitrogen functional groups attached to an aromatic ring is 1. The first-order valence-corrected chi connectivity index (χ1v) is 4.31. The van der Waals surface area contributed by atoms with E-state index in [1.165, 1.54) is 0 Å². The van der Waals surface area contributed by atoms with Crippen molar-refractivity contribution in [2.75, 3.05) is 5.84 Å². The predicted molar refractivity (Wildman–Crippen MR) is 55.4 cm³/mol. The summed E-state index contributed by atoms with van der Waals surface area (Å²) < 4.78 is 1.04. The highest BCUT2D eigenvalue weighted by atomic mass is 16.1. The molecular weight excluding hydrogens is 178 g/mol. The van der Waals surface area contributed by atoms with Crippen molar-refractivity contribution in [3.05, 3.63) is 46.5 Å². The van der Waals surface area contributed by atoms with E-state index in [1.807, 2.05) is 31.2 Å². The molecule has 0 aliphatic heterocycles. The second kappa shape index (κ2) is 3.06. The van der Waals surface area contributed by atoms with E-state index in [9.17, 15) is 4.79 Å². The summed E-state index contributed by atoms with van der Waals surface area (Å²) in [5.74, 6) is 5.40. The molecule has 0 saturated carbocycles. The number of nitrogens with two attached hydrogens (primary N) is 1. The van der Waals surface area contributed by atoms with Crippen LogP contribution in [0.25, 0.3) is 11.3 Å². The molecule has 0 aliphatic rings. The molecule has 0 bridgehead atoms. The highest BCUT2D eigenvalue weighted by Crippen LogP contribution is 2.18. The van der Waals surface area contributed by atoms with Crippen LogP contribution in [0.3, 0.4) is 0 Å². The fraction of sp³-hybridized carbons (Fsp3) is 0.100. The number of hydrogen-bond donors (Lipinski definition) is 2. The molecule has 14 heavy (non-hydrogen) atoms. The number of aromatic amines is 1. The minimum atomic E-state index is -0.303. The Balaban J connectivity index is 2.60. The van der Waals surface area contributed by atoms with E-state index in [1.54, 1.807) is 6.20 Å². The zero-order valence-corrected chi connectivity index (χ0v) is 7.82. The van der Waals surface area contributed by atoms with Gasteiger partial charge in [0.05, 0.1) is 11.9 Å². The summed E-state index contributed by atoms with van der Waals surface area (Å²) in [4.78, 5) is 13.8. The maximum absolute atomic E-state index is 11.1. The van der Waals surface area contributed by atoms with Crippen molar-refractivity contribution < 1.29 is 0 Å². The molecule has 1 heterocycles. The van der Waals surface area contributed by atoms with E-state index in [2.05, 4.69) is 4.98 Å². The first-order chi connectivity index (χ1) is 6.68. The second-order valence-electron chi connectivity index (χ2n) is 3.20. The Hall–Kier alpha value is -1.97. The van der Waals surface area contributed by atoms with Crippen LogP contribution in [0.4, 0.5) is 0 Å². The maximum Gasteiger partial charge on any atom is 0.344 e. The van der Waals surface area contributed by atoms with Crippen molar-refractivity contribution in [1.29, 1.82) is 0 Å². The van der Waals surface area contributed by atoms with Gasteiger partial charge in [-0.25, -0.2) is 9.47 Å². The molecule has 0 atom stereocenters. The van der Waals surface area contributed by atoms with E-state index in [4.69, 9.17) is 5.84 Å². The highest BCUT2D eigenvalue weighted by molar-refractivity contribution is 5.62. The van der Waals surface area contributed by atoms with Gasteiger partial charge < -0.3 is 10.8 Å². The Morgan fingerprint density at radius 3 is 2.64 bits per heavy atom. The van der Waals surface area contributed by atoms with Crippen LogP contribution in [-0.2, 0) is 0 Å². The monoisotopic (exact) mass is 189 g/mol. The lowest BCUT2D eigenvalue weighted by Crippen LogP contribution is -2.22. The molecular formula is C10H11N3O. The summed E-state index contributed by atoms with van der Waals surface area (Å²) in [5, 5.41) is 0. The first kappa shape index (κ1) is 8.62. The summed E-state index contributed by atoms with van der Waals surface area (Å²) in [6.45, 7) is 1.99. The minimum Gasteiger partial charge on any atom is -0.335 e. The molecule has 1 aromatic heterocycles. The lowest BCUT2D eigenvalue weighted by molar-refractivity contribution is 0.937. The number of imidazole rings is 1. The van der Waals surface area contributed by atoms with Crippen LogP contribution in [0.1, 0.15) is 5.56 Å². The van der Waals surface area contributed by atoms with Gasteiger partial charge in [-0.05, 0) is 12.5 Å². The van der Waals surface area contributed by atoms with Crippen molar-refractivity contribution in [1.82, 2.24) is 9.66 Å². The Bertz CT molecular complexity index is 510. The molecule has 2 aromatic rings. The third-order valence-electron chi connectivity index (χ3n) is 2.18. The number of nitrogens with zero attached hydrogens (tertiary/aromatic N) is 1. The molecule has 0 unspecified atom stereocenters. The minimum absolute atomic E-state index is 0.303. The van der Waals surface area contributed by atoms with Crippen molar-refractivity contribution in [2.45, 2.75) is 6.92 Å². The molecule has 0 radical (unpaired) electrons. The number of aryl methyl sites for hydroxylation is 1. The summed E-state index contributed by atoms with van der Waals surface area (Å²) in [6, 6.07) is 7.81. The molecule has 4 heteroatoms. The number of nitrogens with one attached hydrogen (secondary N) is 1. The summed E-state index contributed by atoms with van der Waals surface area (Å²) in [7, 11) is 0. The zero-order chi connectivity index (χ0) is 10.1. The fourth-order valence-electron chi connectivity index (χ4n) is 1.42. The van der Waals surface area contributed by atoms with E-state index in [-0.39, 0.29) is 5.69 Å². The SMILES string of the molecule is Cc1ccccc1-c1cn(N)c(=O)[nH]1. The molecule has 4 nitrogen and oxygen atoms in total. The summed E-state index contributed by atoms with van der Waals surface area (Å²) in [6.07, 6.45) is 1.59. The average Bonchev–Trinajstić information content (AvgIpc) is 2.48. The second-order valence-corrected chi connectivity index (χ2v) is 3.20. The third kappa shape index (κ3) is 1.31. The van der Waals surface area contributed by atoms with Crippen LogP contribution < -0.4 is 11.5 Å². The zero-order valence-electron chi connectivity index (χ0n) is 7.82. The van der Waals surface area contributed by atoms with E-state index in [0.29, 0.717) is 0 Å². The predicted octanol–water partition coefficient (Wildman–Crippen LogP) is 0.866. The topological polar surface area (TPSA) is 63.8 Å². The van der Waals surface area contributed by atoms with Gasteiger partial charge in [0, 0.05) is 5.56 Å². The Labute approximate surface area is 81.0 Å². The molecule has 1 aromatic carbocycles. The molecule has 2 rings (SSSR count). The Morgan fingerprint density at radius 1 is 1.36 bits per heavy atom. The van der Waals surface area contributed by atoms with Crippen molar-refractivity contribution in [2.24, 2.45) is 0 Å². The molecule has 0 aliphatic carbocycles. The van der Waals surface area contributed by atoms with Crippen LogP contribution in [0.2, 0.25) is 0 Å². The quantitative estimate of drug-likeness (QED) is 0.654. The van der Waals surface area contributed by atoms with E-state index < -0.39 is 0 Å². The van der Waals surface area contributed by atoms with Crippen LogP contribution in [0.5, 0.6) is 0 Å². The van der Waals surface area contributed by atoms with Crippen molar-refractivity contribution >= 4 is 0 Å². The number of hydrogen-bond acceptors (Lipinski definition) is 2. The number of benzene rings is 1. The van der Waals surface area contributed by atoms with Gasteiger partial charge in [-0.1, -0.05) is 24.3 Å². The lowest BCUT2D eigenvalue weighted by atomic mass is 10.1. The van der Waals surface area contributed by atoms with Gasteiger partial charge in [-0.2, -0.15) is 0 Å². The molecule has 3 N–H and O–H groups in total. The fourth-order valence-corrected chi connectivity index (χ4v) is 1.42. The summed E-state index contributed by atoms with van der Waals surface area (Å²) in [5.41, 5.74) is 2.54. The molecule has 0 spiro atoms. The average molecular weight is 189 g/mol. The highest BCUT2D eigenvalue weighted by Gasteiger charge is 2.04.